The SMILES string of the molecule is Cc1noc([C@@H]2CCN(Cc3ncc(-c4ccccc4F)o3)C2)n1. The van der Waals surface area contributed by atoms with Gasteiger partial charge in [0.15, 0.2) is 11.6 Å². The normalized spacial score (nSPS) is 18.3. The molecule has 4 rings (SSSR count). The van der Waals surface area contributed by atoms with Gasteiger partial charge in [0.1, 0.15) is 5.82 Å². The summed E-state index contributed by atoms with van der Waals surface area (Å²) < 4.78 is 24.8. The molecule has 7 heteroatoms. The van der Waals surface area contributed by atoms with Crippen molar-refractivity contribution in [1.29, 1.82) is 0 Å². The number of hydrogen-bond donors (Lipinski definition) is 0. The molecular formula is C17H17FN4O2. The number of halogens is 1. The molecule has 6 nitrogen and oxygen atoms in total. The van der Waals surface area contributed by atoms with Crippen LogP contribution >= 0.6 is 0 Å². The van der Waals surface area contributed by atoms with Crippen LogP contribution in [0.2, 0.25) is 0 Å². The molecule has 24 heavy (non-hydrogen) atoms. The first-order chi connectivity index (χ1) is 11.7. The molecule has 1 aliphatic heterocycles. The third-order valence-electron chi connectivity index (χ3n) is 4.22. The van der Waals surface area contributed by atoms with Crippen LogP contribution in [0.25, 0.3) is 11.3 Å². The van der Waals surface area contributed by atoms with Crippen molar-refractivity contribution in [3.8, 4) is 11.3 Å². The first-order valence-electron chi connectivity index (χ1n) is 7.91. The first kappa shape index (κ1) is 15.0. The number of likely N-dealkylation sites (tertiary alicyclic amines) is 1. The van der Waals surface area contributed by atoms with Crippen molar-refractivity contribution in [3.05, 3.63) is 53.9 Å². The lowest BCUT2D eigenvalue weighted by Gasteiger charge is -2.12. The number of hydrogen-bond acceptors (Lipinski definition) is 6. The molecule has 0 radical (unpaired) electrons. The van der Waals surface area contributed by atoms with Crippen LogP contribution in [0.3, 0.4) is 0 Å². The third kappa shape index (κ3) is 2.94. The molecule has 0 N–H and O–H groups in total. The second-order valence-electron chi connectivity index (χ2n) is 6.00. The van der Waals surface area contributed by atoms with E-state index in [2.05, 4.69) is 20.0 Å². The van der Waals surface area contributed by atoms with Gasteiger partial charge in [-0.15, -0.1) is 0 Å². The molecule has 2 aromatic heterocycles. The lowest BCUT2D eigenvalue weighted by atomic mass is 10.1. The highest BCUT2D eigenvalue weighted by molar-refractivity contribution is 5.56. The van der Waals surface area contributed by atoms with Crippen LogP contribution in [0.4, 0.5) is 4.39 Å². The molecule has 0 unspecified atom stereocenters. The van der Waals surface area contributed by atoms with E-state index in [4.69, 9.17) is 8.94 Å². The Morgan fingerprint density at radius 2 is 2.21 bits per heavy atom. The highest BCUT2D eigenvalue weighted by atomic mass is 19.1. The Hall–Kier alpha value is -2.54. The Morgan fingerprint density at radius 3 is 3.00 bits per heavy atom. The Morgan fingerprint density at radius 1 is 1.33 bits per heavy atom. The smallest absolute Gasteiger partial charge is 0.231 e. The Bertz CT molecular complexity index is 844. The maximum Gasteiger partial charge on any atom is 0.231 e. The van der Waals surface area contributed by atoms with Gasteiger partial charge in [-0.2, -0.15) is 4.98 Å². The average molecular weight is 328 g/mol. The summed E-state index contributed by atoms with van der Waals surface area (Å²) in [7, 11) is 0. The van der Waals surface area contributed by atoms with Crippen LogP contribution < -0.4 is 0 Å². The standard InChI is InChI=1S/C17H17FN4O2/c1-11-20-17(24-21-11)12-6-7-22(9-12)10-16-19-8-15(23-16)13-4-2-3-5-14(13)18/h2-5,8,12H,6-7,9-10H2,1H3/t12-/m1/s1. The monoisotopic (exact) mass is 328 g/mol. The van der Waals surface area contributed by atoms with Crippen LogP contribution in [0.15, 0.2) is 39.4 Å². The largest absolute Gasteiger partial charge is 0.439 e. The maximum absolute atomic E-state index is 13.8. The summed E-state index contributed by atoms with van der Waals surface area (Å²) >= 11 is 0. The van der Waals surface area contributed by atoms with Crippen LogP contribution in [-0.2, 0) is 6.54 Å². The van der Waals surface area contributed by atoms with E-state index in [1.165, 1.54) is 6.07 Å². The van der Waals surface area contributed by atoms with E-state index >= 15 is 0 Å². The molecule has 1 aliphatic rings. The van der Waals surface area contributed by atoms with Crippen molar-refractivity contribution in [3.63, 3.8) is 0 Å². The molecule has 1 atom stereocenters. The summed E-state index contributed by atoms with van der Waals surface area (Å²) in [4.78, 5) is 10.8. The zero-order chi connectivity index (χ0) is 16.5. The molecule has 0 saturated carbocycles. The van der Waals surface area contributed by atoms with Gasteiger partial charge >= 0.3 is 0 Å². The fraction of sp³-hybridized carbons (Fsp3) is 0.353. The van der Waals surface area contributed by atoms with Crippen LogP contribution in [-0.4, -0.2) is 33.1 Å². The summed E-state index contributed by atoms with van der Waals surface area (Å²) in [6, 6.07) is 6.52. The number of rotatable bonds is 4. The van der Waals surface area contributed by atoms with Crippen molar-refractivity contribution in [2.45, 2.75) is 25.8 Å². The van der Waals surface area contributed by atoms with E-state index in [-0.39, 0.29) is 11.7 Å². The number of benzene rings is 1. The molecule has 1 aromatic carbocycles. The van der Waals surface area contributed by atoms with Crippen LogP contribution in [0, 0.1) is 12.7 Å². The second kappa shape index (κ2) is 6.16. The van der Waals surface area contributed by atoms with Crippen molar-refractivity contribution in [1.82, 2.24) is 20.0 Å². The number of nitrogens with zero attached hydrogens (tertiary/aromatic N) is 4. The molecule has 1 saturated heterocycles. The highest BCUT2D eigenvalue weighted by Crippen LogP contribution is 2.28. The quantitative estimate of drug-likeness (QED) is 0.733. The van der Waals surface area contributed by atoms with Gasteiger partial charge in [0.2, 0.25) is 11.8 Å². The lowest BCUT2D eigenvalue weighted by molar-refractivity contribution is 0.280. The topological polar surface area (TPSA) is 68.2 Å². The second-order valence-corrected chi connectivity index (χ2v) is 6.00. The fourth-order valence-electron chi connectivity index (χ4n) is 3.02. The first-order valence-corrected chi connectivity index (χ1v) is 7.91. The molecule has 0 aliphatic carbocycles. The molecule has 124 valence electrons. The van der Waals surface area contributed by atoms with Crippen molar-refractivity contribution in [2.24, 2.45) is 0 Å². The van der Waals surface area contributed by atoms with E-state index in [9.17, 15) is 4.39 Å². The minimum Gasteiger partial charge on any atom is -0.439 e. The van der Waals surface area contributed by atoms with Gasteiger partial charge < -0.3 is 8.94 Å². The molecule has 1 fully saturated rings. The van der Waals surface area contributed by atoms with E-state index in [0.717, 1.165) is 19.5 Å². The van der Waals surface area contributed by atoms with Gasteiger partial charge in [-0.05, 0) is 32.0 Å². The van der Waals surface area contributed by atoms with Crippen molar-refractivity contribution >= 4 is 0 Å². The molecule has 0 spiro atoms. The van der Waals surface area contributed by atoms with Gasteiger partial charge in [0, 0.05) is 6.54 Å². The summed E-state index contributed by atoms with van der Waals surface area (Å²) in [5.74, 6) is 2.31. The Kier molecular flexibility index (Phi) is 3.86. The highest BCUT2D eigenvalue weighted by Gasteiger charge is 2.29. The summed E-state index contributed by atoms with van der Waals surface area (Å²) in [6.07, 6.45) is 2.53. The van der Waals surface area contributed by atoms with Crippen LogP contribution in [0.5, 0.6) is 0 Å². The third-order valence-corrected chi connectivity index (χ3v) is 4.22. The van der Waals surface area contributed by atoms with Crippen molar-refractivity contribution < 1.29 is 13.3 Å². The molecular weight excluding hydrogens is 311 g/mol. The maximum atomic E-state index is 13.8. The predicted octanol–water partition coefficient (Wildman–Crippen LogP) is 3.16. The minimum atomic E-state index is -0.312. The minimum absolute atomic E-state index is 0.243. The van der Waals surface area contributed by atoms with E-state index < -0.39 is 0 Å². The number of aryl methyl sites for hydroxylation is 1. The van der Waals surface area contributed by atoms with Crippen molar-refractivity contribution in [2.75, 3.05) is 13.1 Å². The summed E-state index contributed by atoms with van der Waals surface area (Å²) in [5.41, 5.74) is 0.428. The summed E-state index contributed by atoms with van der Waals surface area (Å²) in [5, 5.41) is 3.84. The van der Waals surface area contributed by atoms with Gasteiger partial charge in [-0.25, -0.2) is 9.37 Å². The molecule has 3 heterocycles. The molecule has 0 amide bonds. The number of aromatic nitrogens is 3. The lowest BCUT2D eigenvalue weighted by Crippen LogP contribution is -2.20. The van der Waals surface area contributed by atoms with Gasteiger partial charge in [-0.3, -0.25) is 4.90 Å². The predicted molar refractivity (Wildman–Crippen MR) is 83.6 cm³/mol. The molecule has 0 bridgehead atoms. The number of oxazole rings is 1. The zero-order valence-corrected chi connectivity index (χ0v) is 13.3. The van der Waals surface area contributed by atoms with E-state index in [1.807, 2.05) is 6.92 Å². The van der Waals surface area contributed by atoms with Gasteiger partial charge in [0.05, 0.1) is 24.2 Å². The van der Waals surface area contributed by atoms with Gasteiger partial charge in [-0.1, -0.05) is 17.3 Å². The Balaban J connectivity index is 1.43. The average Bonchev–Trinajstić information content (AvgIpc) is 3.29. The zero-order valence-electron chi connectivity index (χ0n) is 13.3. The molecule has 3 aromatic rings. The fourth-order valence-corrected chi connectivity index (χ4v) is 3.02. The van der Waals surface area contributed by atoms with E-state index in [0.29, 0.717) is 35.5 Å². The van der Waals surface area contributed by atoms with Crippen LogP contribution in [0.1, 0.15) is 29.9 Å². The summed E-state index contributed by atoms with van der Waals surface area (Å²) in [6.45, 7) is 4.12. The Labute approximate surface area is 138 Å². The van der Waals surface area contributed by atoms with E-state index in [1.54, 1.807) is 24.4 Å². The van der Waals surface area contributed by atoms with Gasteiger partial charge in [0.25, 0.3) is 0 Å².